The third kappa shape index (κ3) is 3.64. The first-order chi connectivity index (χ1) is 7.82. The van der Waals surface area contributed by atoms with Crippen LogP contribution in [0.3, 0.4) is 0 Å². The lowest BCUT2D eigenvalue weighted by molar-refractivity contribution is 0.0158. The Kier molecular flexibility index (Phi) is 4.89. The van der Waals surface area contributed by atoms with Crippen LogP contribution < -0.4 is 5.73 Å². The van der Waals surface area contributed by atoms with Gasteiger partial charge in [-0.25, -0.2) is 4.79 Å². The molecule has 1 aromatic rings. The second kappa shape index (κ2) is 5.78. The molecule has 0 aromatic heterocycles. The molecule has 0 radical (unpaired) electrons. The fraction of sp³-hybridized carbons (Fsp3) is 0.300. The van der Waals surface area contributed by atoms with E-state index in [1.807, 2.05) is 0 Å². The molecule has 0 saturated heterocycles. The molecule has 0 bridgehead atoms. The minimum atomic E-state index is -1.09. The highest BCUT2D eigenvalue weighted by atomic mass is 35.5. The van der Waals surface area contributed by atoms with Gasteiger partial charge in [-0.1, -0.05) is 34.8 Å². The van der Waals surface area contributed by atoms with Crippen LogP contribution in [0.4, 0.5) is 4.79 Å². The molecule has 1 rings (SSSR count). The highest BCUT2D eigenvalue weighted by Gasteiger charge is 2.21. The molecular formula is C10H10Cl3NO3. The van der Waals surface area contributed by atoms with Gasteiger partial charge in [-0.15, -0.1) is 0 Å². The maximum Gasteiger partial charge on any atom is 0.404 e. The van der Waals surface area contributed by atoms with Gasteiger partial charge in [0.25, 0.3) is 0 Å². The van der Waals surface area contributed by atoms with Crippen molar-refractivity contribution in [1.29, 1.82) is 0 Å². The Morgan fingerprint density at radius 1 is 1.35 bits per heavy atom. The number of carbonyl (C=O) groups excluding carboxylic acids is 1. The summed E-state index contributed by atoms with van der Waals surface area (Å²) in [6.07, 6.45) is -2.88. The van der Waals surface area contributed by atoms with E-state index in [9.17, 15) is 9.90 Å². The van der Waals surface area contributed by atoms with Crippen LogP contribution in [0.15, 0.2) is 12.1 Å². The number of rotatable bonds is 3. The number of aliphatic hydroxyl groups is 1. The van der Waals surface area contributed by atoms with Gasteiger partial charge >= 0.3 is 6.09 Å². The minimum absolute atomic E-state index is 0.202. The summed E-state index contributed by atoms with van der Waals surface area (Å²) >= 11 is 17.4. The van der Waals surface area contributed by atoms with Crippen molar-refractivity contribution in [3.63, 3.8) is 0 Å². The molecule has 17 heavy (non-hydrogen) atoms. The van der Waals surface area contributed by atoms with E-state index in [1.54, 1.807) is 0 Å². The first-order valence-corrected chi connectivity index (χ1v) is 5.75. The predicted octanol–water partition coefficient (Wildman–Crippen LogP) is 3.16. The average Bonchev–Trinajstić information content (AvgIpc) is 2.23. The van der Waals surface area contributed by atoms with Crippen molar-refractivity contribution >= 4 is 40.9 Å². The molecule has 1 aromatic carbocycles. The van der Waals surface area contributed by atoms with Gasteiger partial charge in [0.05, 0.1) is 15.1 Å². The third-order valence-electron chi connectivity index (χ3n) is 2.09. The number of aliphatic hydroxyl groups excluding tert-OH is 1. The summed E-state index contributed by atoms with van der Waals surface area (Å²) < 4.78 is 4.65. The Labute approximate surface area is 113 Å². The van der Waals surface area contributed by atoms with E-state index in [4.69, 9.17) is 40.5 Å². The van der Waals surface area contributed by atoms with Crippen LogP contribution in [0.5, 0.6) is 0 Å². The van der Waals surface area contributed by atoms with Crippen LogP contribution in [0.2, 0.25) is 15.1 Å². The lowest BCUT2D eigenvalue weighted by Gasteiger charge is -2.19. The van der Waals surface area contributed by atoms with Gasteiger partial charge in [-0.2, -0.15) is 0 Å². The molecule has 1 amide bonds. The molecule has 4 nitrogen and oxygen atoms in total. The van der Waals surface area contributed by atoms with E-state index in [2.05, 4.69) is 4.74 Å². The standard InChI is InChI=1S/C10H10Cl3NO3/c1-4(17-10(14)16)9(15)5-2-6(11)8(13)7(12)3-5/h2-4,9,15H,1H3,(H2,14,16)/t4-,9+/m0/s1. The summed E-state index contributed by atoms with van der Waals surface area (Å²) in [7, 11) is 0. The number of hydrogen-bond acceptors (Lipinski definition) is 3. The molecule has 0 fully saturated rings. The van der Waals surface area contributed by atoms with Crippen LogP contribution in [0.25, 0.3) is 0 Å². The van der Waals surface area contributed by atoms with Gasteiger partial charge in [0, 0.05) is 0 Å². The molecule has 0 aliphatic carbocycles. The second-order valence-electron chi connectivity index (χ2n) is 3.39. The molecule has 0 unspecified atom stereocenters. The first-order valence-electron chi connectivity index (χ1n) is 4.61. The zero-order valence-electron chi connectivity index (χ0n) is 8.78. The summed E-state index contributed by atoms with van der Waals surface area (Å²) in [6.45, 7) is 1.49. The van der Waals surface area contributed by atoms with Gasteiger partial charge in [-0.05, 0) is 24.6 Å². The van der Waals surface area contributed by atoms with Gasteiger partial charge in [-0.3, -0.25) is 0 Å². The fourth-order valence-corrected chi connectivity index (χ4v) is 1.88. The van der Waals surface area contributed by atoms with E-state index < -0.39 is 18.3 Å². The summed E-state index contributed by atoms with van der Waals surface area (Å²) in [6, 6.07) is 2.89. The highest BCUT2D eigenvalue weighted by Crippen LogP contribution is 2.34. The Balaban J connectivity index is 2.96. The molecule has 0 spiro atoms. The van der Waals surface area contributed by atoms with E-state index in [0.717, 1.165) is 0 Å². The van der Waals surface area contributed by atoms with Crippen molar-refractivity contribution in [3.05, 3.63) is 32.8 Å². The number of primary amides is 1. The first kappa shape index (κ1) is 14.4. The Hall–Kier alpha value is -0.680. The minimum Gasteiger partial charge on any atom is -0.444 e. The van der Waals surface area contributed by atoms with Crippen molar-refractivity contribution in [2.45, 2.75) is 19.1 Å². The topological polar surface area (TPSA) is 72.5 Å². The number of nitrogens with two attached hydrogens (primary N) is 1. The lowest BCUT2D eigenvalue weighted by atomic mass is 10.1. The molecule has 0 aliphatic heterocycles. The molecule has 7 heteroatoms. The number of ether oxygens (including phenoxy) is 1. The summed E-state index contributed by atoms with van der Waals surface area (Å²) in [4.78, 5) is 10.5. The van der Waals surface area contributed by atoms with E-state index in [1.165, 1.54) is 19.1 Å². The summed E-state index contributed by atoms with van der Waals surface area (Å²) in [5, 5.41) is 10.5. The van der Waals surface area contributed by atoms with Crippen LogP contribution >= 0.6 is 34.8 Å². The number of hydrogen-bond donors (Lipinski definition) is 2. The van der Waals surface area contributed by atoms with Crippen LogP contribution in [-0.4, -0.2) is 17.3 Å². The number of amides is 1. The summed E-state index contributed by atoms with van der Waals surface area (Å²) in [5.41, 5.74) is 5.23. The zero-order valence-corrected chi connectivity index (χ0v) is 11.1. The zero-order chi connectivity index (χ0) is 13.2. The Bertz CT molecular complexity index is 416. The van der Waals surface area contributed by atoms with Gasteiger partial charge in [0.1, 0.15) is 12.2 Å². The smallest absolute Gasteiger partial charge is 0.404 e. The average molecular weight is 299 g/mol. The number of halogens is 3. The van der Waals surface area contributed by atoms with E-state index in [0.29, 0.717) is 5.56 Å². The van der Waals surface area contributed by atoms with Crippen LogP contribution in [0.1, 0.15) is 18.6 Å². The third-order valence-corrected chi connectivity index (χ3v) is 3.29. The van der Waals surface area contributed by atoms with Crippen molar-refractivity contribution in [2.75, 3.05) is 0 Å². The van der Waals surface area contributed by atoms with Crippen molar-refractivity contribution in [1.82, 2.24) is 0 Å². The monoisotopic (exact) mass is 297 g/mol. The highest BCUT2D eigenvalue weighted by molar-refractivity contribution is 6.48. The predicted molar refractivity (Wildman–Crippen MR) is 66.6 cm³/mol. The van der Waals surface area contributed by atoms with Gasteiger partial charge in [0.15, 0.2) is 0 Å². The molecule has 3 N–H and O–H groups in total. The van der Waals surface area contributed by atoms with Crippen LogP contribution in [0, 0.1) is 0 Å². The largest absolute Gasteiger partial charge is 0.444 e. The molecule has 0 aliphatic rings. The molecule has 2 atom stereocenters. The molecule has 0 saturated carbocycles. The van der Waals surface area contributed by atoms with Crippen molar-refractivity contribution < 1.29 is 14.6 Å². The van der Waals surface area contributed by atoms with Gasteiger partial charge in [0.2, 0.25) is 0 Å². The van der Waals surface area contributed by atoms with E-state index >= 15 is 0 Å². The summed E-state index contributed by atoms with van der Waals surface area (Å²) in [5.74, 6) is 0. The maximum atomic E-state index is 10.5. The molecular weight excluding hydrogens is 288 g/mol. The Morgan fingerprint density at radius 3 is 2.24 bits per heavy atom. The quantitative estimate of drug-likeness (QED) is 0.842. The van der Waals surface area contributed by atoms with Crippen molar-refractivity contribution in [3.8, 4) is 0 Å². The SMILES string of the molecule is C[C@H](OC(N)=O)[C@@H](O)c1cc(Cl)c(Cl)c(Cl)c1. The maximum absolute atomic E-state index is 10.5. The van der Waals surface area contributed by atoms with Gasteiger partial charge < -0.3 is 15.6 Å². The van der Waals surface area contributed by atoms with Crippen LogP contribution in [-0.2, 0) is 4.74 Å². The van der Waals surface area contributed by atoms with Crippen molar-refractivity contribution in [2.24, 2.45) is 5.73 Å². The fourth-order valence-electron chi connectivity index (χ4n) is 1.26. The molecule has 0 heterocycles. The number of carbonyl (C=O) groups is 1. The lowest BCUT2D eigenvalue weighted by Crippen LogP contribution is -2.25. The Morgan fingerprint density at radius 2 is 1.82 bits per heavy atom. The normalized spacial score (nSPS) is 14.2. The second-order valence-corrected chi connectivity index (χ2v) is 4.58. The molecule has 94 valence electrons. The van der Waals surface area contributed by atoms with E-state index in [-0.39, 0.29) is 15.1 Å². The number of benzene rings is 1.